The molecule has 1 nitrogen and oxygen atoms in total. The van der Waals surface area contributed by atoms with Gasteiger partial charge in [0.25, 0.3) is 0 Å². The van der Waals surface area contributed by atoms with Gasteiger partial charge >= 0.3 is 0 Å². The monoisotopic (exact) mass is 161 g/mol. The maximum Gasteiger partial charge on any atom is 0.0760 e. The van der Waals surface area contributed by atoms with Crippen molar-refractivity contribution < 1.29 is 0 Å². The average molecular weight is 161 g/mol. The molecule has 0 atom stereocenters. The van der Waals surface area contributed by atoms with Crippen molar-refractivity contribution in [1.82, 2.24) is 4.57 Å². The fourth-order valence-electron chi connectivity index (χ4n) is 1.32. The summed E-state index contributed by atoms with van der Waals surface area (Å²) >= 11 is 0. The summed E-state index contributed by atoms with van der Waals surface area (Å²) in [6.45, 7) is 2.95. The molecule has 1 rings (SSSR count). The molecule has 1 fully saturated rings. The molecule has 0 unspecified atom stereocenters. The molecule has 0 aliphatic carbocycles. The molecule has 0 saturated carbocycles. The Hall–Kier alpha value is 0.611. The van der Waals surface area contributed by atoms with Gasteiger partial charge in [0.1, 0.15) is 0 Å². The maximum atomic E-state index is 2.78. The van der Waals surface area contributed by atoms with E-state index >= 15 is 0 Å². The maximum absolute atomic E-state index is 2.78. The topological polar surface area (TPSA) is 3.24 Å². The Morgan fingerprint density at radius 1 is 1.25 bits per heavy atom. The Morgan fingerprint density at radius 2 is 1.88 bits per heavy atom. The van der Waals surface area contributed by atoms with Gasteiger partial charge < -0.3 is 4.57 Å². The molecular weight excluding hydrogens is 146 g/mol. The Bertz CT molecular complexity index is 62.3. The third kappa shape index (κ3) is 1.85. The highest BCUT2D eigenvalue weighted by Crippen LogP contribution is 2.03. The van der Waals surface area contributed by atoms with Gasteiger partial charge in [0.2, 0.25) is 0 Å². The van der Waals surface area contributed by atoms with Crippen molar-refractivity contribution in [2.24, 2.45) is 0 Å². The van der Waals surface area contributed by atoms with Crippen LogP contribution in [0.2, 0.25) is 0 Å². The summed E-state index contributed by atoms with van der Waals surface area (Å²) in [6, 6.07) is 0. The predicted molar refractivity (Wildman–Crippen MR) is 47.8 cm³/mol. The molecule has 0 amide bonds. The molecule has 0 radical (unpaired) electrons. The summed E-state index contributed by atoms with van der Waals surface area (Å²) in [5.74, 6) is 0. The van der Waals surface area contributed by atoms with Gasteiger partial charge in [-0.1, -0.05) is 0 Å². The lowest BCUT2D eigenvalue weighted by molar-refractivity contribution is 0.560. The van der Waals surface area contributed by atoms with Crippen LogP contribution in [-0.4, -0.2) is 45.2 Å². The Balaban J connectivity index is 2.06. The van der Waals surface area contributed by atoms with Crippen LogP contribution in [0.4, 0.5) is 0 Å². The largest absolute Gasteiger partial charge is 0.332 e. The molecule has 1 aliphatic heterocycles. The lowest BCUT2D eigenvalue weighted by Crippen LogP contribution is -2.28. The first kappa shape index (κ1) is 6.73. The first-order chi connectivity index (χ1) is 3.93. The van der Waals surface area contributed by atoms with Crippen molar-refractivity contribution in [2.75, 3.05) is 13.1 Å². The van der Waals surface area contributed by atoms with Gasteiger partial charge in [-0.3, -0.25) is 0 Å². The normalized spacial score (nSPS) is 25.5. The Kier molecular flexibility index (Phi) is 3.03. The van der Waals surface area contributed by atoms with Gasteiger partial charge in [0.15, 0.2) is 0 Å². The van der Waals surface area contributed by atoms with Crippen LogP contribution in [0, 0.1) is 0 Å². The van der Waals surface area contributed by atoms with Gasteiger partial charge in [-0.15, -0.1) is 0 Å². The SMILES string of the molecule is [SiH3][SiH2][SiH2]N1CCCC1. The summed E-state index contributed by atoms with van der Waals surface area (Å²) in [6.07, 6.45) is 3.01. The number of rotatable bonds is 2. The molecule has 1 aliphatic rings. The van der Waals surface area contributed by atoms with E-state index < -0.39 is 0 Å². The fourth-order valence-corrected chi connectivity index (χ4v) is 11.8. The van der Waals surface area contributed by atoms with Crippen LogP contribution in [0.25, 0.3) is 0 Å². The second-order valence-electron chi connectivity index (χ2n) is 2.55. The lowest BCUT2D eigenvalue weighted by atomic mass is 10.4. The molecule has 8 heavy (non-hydrogen) atoms. The molecule has 1 heterocycles. The van der Waals surface area contributed by atoms with Crippen molar-refractivity contribution in [2.45, 2.75) is 12.8 Å². The van der Waals surface area contributed by atoms with Gasteiger partial charge in [-0.25, -0.2) is 0 Å². The zero-order valence-electron chi connectivity index (χ0n) is 5.69. The molecule has 0 bridgehead atoms. The third-order valence-corrected chi connectivity index (χ3v) is 10.7. The number of hydrogen-bond donors (Lipinski definition) is 0. The summed E-state index contributed by atoms with van der Waals surface area (Å²) in [5, 5.41) is 0. The quantitative estimate of drug-likeness (QED) is 0.406. The van der Waals surface area contributed by atoms with Crippen LogP contribution < -0.4 is 0 Å². The van der Waals surface area contributed by atoms with Crippen LogP contribution in [0.5, 0.6) is 0 Å². The molecule has 0 N–H and O–H groups in total. The first-order valence-electron chi connectivity index (χ1n) is 3.66. The fraction of sp³-hybridized carbons (Fsp3) is 1.00. The second-order valence-corrected chi connectivity index (χ2v) is 18.2. The highest BCUT2D eigenvalue weighted by atomic mass is 29.5. The standard InChI is InChI=1S/C4H15NSi3/c6-8-7-5-3-1-2-4-5/h1-4,7-8H2,6H3. The van der Waals surface area contributed by atoms with E-state index in [2.05, 4.69) is 4.57 Å². The predicted octanol–water partition coefficient (Wildman–Crippen LogP) is -2.47. The van der Waals surface area contributed by atoms with Gasteiger partial charge in [0.05, 0.1) is 9.20 Å². The summed E-state index contributed by atoms with van der Waals surface area (Å²) in [4.78, 5) is 0. The van der Waals surface area contributed by atoms with Crippen LogP contribution >= 0.6 is 0 Å². The van der Waals surface area contributed by atoms with Crippen LogP contribution in [0.1, 0.15) is 12.8 Å². The molecule has 0 aromatic rings. The highest BCUT2D eigenvalue weighted by molar-refractivity contribution is 7.22. The highest BCUT2D eigenvalue weighted by Gasteiger charge is 2.08. The molecular formula is C4H15NSi3. The van der Waals surface area contributed by atoms with Crippen molar-refractivity contribution in [3.8, 4) is 0 Å². The van der Waals surface area contributed by atoms with E-state index in [1.54, 1.807) is 9.76 Å². The summed E-state index contributed by atoms with van der Waals surface area (Å²) < 4.78 is 2.78. The van der Waals surface area contributed by atoms with Gasteiger partial charge in [0, 0.05) is 8.55 Å². The lowest BCUT2D eigenvalue weighted by Gasteiger charge is -2.10. The van der Waals surface area contributed by atoms with E-state index in [9.17, 15) is 0 Å². The number of hydrogen-bond acceptors (Lipinski definition) is 1. The van der Waals surface area contributed by atoms with Gasteiger partial charge in [-0.2, -0.15) is 0 Å². The number of nitrogens with zero attached hydrogens (tertiary/aromatic N) is 1. The van der Waals surface area contributed by atoms with Crippen LogP contribution in [0.15, 0.2) is 0 Å². The minimum absolute atomic E-state index is 0.432. The Morgan fingerprint density at radius 3 is 2.38 bits per heavy atom. The minimum Gasteiger partial charge on any atom is -0.332 e. The Labute approximate surface area is 58.6 Å². The minimum atomic E-state index is 0.432. The van der Waals surface area contributed by atoms with E-state index in [0.29, 0.717) is 17.8 Å². The zero-order valence-corrected chi connectivity index (χ0v) is 10.5. The van der Waals surface area contributed by atoms with Crippen LogP contribution in [0.3, 0.4) is 0 Å². The molecule has 48 valence electrons. The molecule has 0 aromatic heterocycles. The van der Waals surface area contributed by atoms with Crippen molar-refractivity contribution in [1.29, 1.82) is 0 Å². The van der Waals surface area contributed by atoms with Crippen LogP contribution in [-0.2, 0) is 0 Å². The smallest absolute Gasteiger partial charge is 0.0760 e. The summed E-state index contributed by atoms with van der Waals surface area (Å²) in [5.41, 5.74) is 0. The van der Waals surface area contributed by atoms with E-state index in [1.807, 2.05) is 0 Å². The third-order valence-electron chi connectivity index (χ3n) is 1.74. The van der Waals surface area contributed by atoms with E-state index in [1.165, 1.54) is 25.9 Å². The molecule has 1 saturated heterocycles. The van der Waals surface area contributed by atoms with E-state index in [4.69, 9.17) is 0 Å². The van der Waals surface area contributed by atoms with Crippen molar-refractivity contribution >= 4 is 27.5 Å². The zero-order chi connectivity index (χ0) is 5.82. The molecule has 0 spiro atoms. The van der Waals surface area contributed by atoms with Crippen molar-refractivity contribution in [3.63, 3.8) is 0 Å². The average Bonchev–Trinajstić information content (AvgIpc) is 2.19. The molecule has 4 heteroatoms. The summed E-state index contributed by atoms with van der Waals surface area (Å²) in [7, 11) is 2.60. The van der Waals surface area contributed by atoms with E-state index in [0.717, 1.165) is 0 Å². The van der Waals surface area contributed by atoms with Crippen molar-refractivity contribution in [3.05, 3.63) is 0 Å². The van der Waals surface area contributed by atoms with Gasteiger partial charge in [-0.05, 0) is 35.7 Å². The molecule has 0 aromatic carbocycles. The van der Waals surface area contributed by atoms with E-state index in [-0.39, 0.29) is 0 Å². The first-order valence-corrected chi connectivity index (χ1v) is 13.9. The second kappa shape index (κ2) is 3.60.